The van der Waals surface area contributed by atoms with E-state index in [4.69, 9.17) is 4.74 Å². The summed E-state index contributed by atoms with van der Waals surface area (Å²) in [7, 11) is 0. The first-order chi connectivity index (χ1) is 7.94. The molecule has 3 nitrogen and oxygen atoms in total. The Bertz CT molecular complexity index is 250. The monoisotopic (exact) mass is 259 g/mol. The number of likely N-dealkylation sites (tertiary alicyclic amines) is 1. The van der Waals surface area contributed by atoms with E-state index < -0.39 is 0 Å². The maximum atomic E-state index is 12.0. The topological polar surface area (TPSA) is 29.5 Å². The van der Waals surface area contributed by atoms with E-state index in [0.29, 0.717) is 0 Å². The molecule has 0 aromatic rings. The number of esters is 1. The summed E-state index contributed by atoms with van der Waals surface area (Å²) in [5, 5.41) is 0. The van der Waals surface area contributed by atoms with Gasteiger partial charge in [-0.05, 0) is 65.1 Å². The zero-order valence-corrected chi connectivity index (χ0v) is 12.3. The number of hydrogen-bond acceptors (Lipinski definition) is 4. The Labute approximate surface area is 109 Å². The lowest BCUT2D eigenvalue weighted by Gasteiger charge is -2.27. The maximum absolute atomic E-state index is 12.0. The average Bonchev–Trinajstić information content (AvgIpc) is 2.64. The summed E-state index contributed by atoms with van der Waals surface area (Å²) in [5.74, 6) is 1.12. The van der Waals surface area contributed by atoms with Crippen molar-refractivity contribution in [3.05, 3.63) is 0 Å². The summed E-state index contributed by atoms with van der Waals surface area (Å²) < 4.78 is 5.47. The van der Waals surface area contributed by atoms with Crippen molar-refractivity contribution >= 4 is 17.7 Å². The first-order valence-corrected chi connectivity index (χ1v) is 7.79. The standard InChI is InChI=1S/C13H25NO2S/c1-13(2,3)16-12(15)11-7-5-8-14(11)9-6-10-17-4/h11H,5-10H2,1-4H3/t11-/m0/s1. The van der Waals surface area contributed by atoms with Crippen LogP contribution in [0.15, 0.2) is 0 Å². The summed E-state index contributed by atoms with van der Waals surface area (Å²) in [6, 6.07) is -0.00363. The molecule has 0 saturated carbocycles. The van der Waals surface area contributed by atoms with E-state index in [9.17, 15) is 4.79 Å². The van der Waals surface area contributed by atoms with Crippen molar-refractivity contribution in [2.24, 2.45) is 0 Å². The van der Waals surface area contributed by atoms with Gasteiger partial charge in [-0.3, -0.25) is 9.69 Å². The molecule has 0 bridgehead atoms. The maximum Gasteiger partial charge on any atom is 0.323 e. The van der Waals surface area contributed by atoms with E-state index in [2.05, 4.69) is 11.2 Å². The summed E-state index contributed by atoms with van der Waals surface area (Å²) in [6.07, 6.45) is 5.34. The molecule has 17 heavy (non-hydrogen) atoms. The summed E-state index contributed by atoms with van der Waals surface area (Å²) in [6.45, 7) is 7.84. The van der Waals surface area contributed by atoms with Gasteiger partial charge in [0.15, 0.2) is 0 Å². The van der Waals surface area contributed by atoms with Gasteiger partial charge in [0.1, 0.15) is 11.6 Å². The van der Waals surface area contributed by atoms with Crippen LogP contribution in [0.4, 0.5) is 0 Å². The van der Waals surface area contributed by atoms with Gasteiger partial charge in [-0.25, -0.2) is 0 Å². The van der Waals surface area contributed by atoms with Crippen LogP contribution in [0.3, 0.4) is 0 Å². The van der Waals surface area contributed by atoms with Crippen LogP contribution in [-0.2, 0) is 9.53 Å². The largest absolute Gasteiger partial charge is 0.459 e. The molecule has 0 aliphatic carbocycles. The highest BCUT2D eigenvalue weighted by Gasteiger charge is 2.33. The van der Waals surface area contributed by atoms with Crippen molar-refractivity contribution < 1.29 is 9.53 Å². The van der Waals surface area contributed by atoms with E-state index in [1.165, 1.54) is 0 Å². The summed E-state index contributed by atoms with van der Waals surface area (Å²) >= 11 is 1.86. The molecule has 0 amide bonds. The van der Waals surface area contributed by atoms with Crippen LogP contribution >= 0.6 is 11.8 Å². The minimum absolute atomic E-state index is 0.00363. The number of ether oxygens (including phenoxy) is 1. The molecule has 0 aromatic carbocycles. The van der Waals surface area contributed by atoms with Gasteiger partial charge in [0.05, 0.1) is 0 Å². The second-order valence-electron chi connectivity index (χ2n) is 5.57. The quantitative estimate of drug-likeness (QED) is 0.560. The Morgan fingerprint density at radius 2 is 2.18 bits per heavy atom. The molecule has 0 radical (unpaired) electrons. The van der Waals surface area contributed by atoms with Crippen molar-refractivity contribution in [1.82, 2.24) is 4.90 Å². The number of carbonyl (C=O) groups is 1. The minimum atomic E-state index is -0.370. The van der Waals surface area contributed by atoms with Crippen molar-refractivity contribution in [1.29, 1.82) is 0 Å². The van der Waals surface area contributed by atoms with Crippen molar-refractivity contribution in [2.75, 3.05) is 25.1 Å². The number of nitrogens with zero attached hydrogens (tertiary/aromatic N) is 1. The van der Waals surface area contributed by atoms with E-state index in [1.54, 1.807) is 0 Å². The van der Waals surface area contributed by atoms with Crippen LogP contribution in [0.1, 0.15) is 40.0 Å². The van der Waals surface area contributed by atoms with Crippen LogP contribution in [0, 0.1) is 0 Å². The Hall–Kier alpha value is -0.220. The van der Waals surface area contributed by atoms with Crippen molar-refractivity contribution in [2.45, 2.75) is 51.7 Å². The van der Waals surface area contributed by atoms with Gasteiger partial charge in [-0.1, -0.05) is 0 Å². The molecule has 4 heteroatoms. The van der Waals surface area contributed by atoms with Gasteiger partial charge in [-0.15, -0.1) is 0 Å². The smallest absolute Gasteiger partial charge is 0.323 e. The van der Waals surface area contributed by atoms with Crippen LogP contribution in [0.5, 0.6) is 0 Å². The third-order valence-corrected chi connectivity index (χ3v) is 3.53. The van der Waals surface area contributed by atoms with Crippen LogP contribution in [-0.4, -0.2) is 47.6 Å². The number of carbonyl (C=O) groups excluding carboxylic acids is 1. The highest BCUT2D eigenvalue weighted by Crippen LogP contribution is 2.21. The number of hydrogen-bond donors (Lipinski definition) is 0. The molecule has 0 aromatic heterocycles. The molecular formula is C13H25NO2S. The SMILES string of the molecule is CSCCCN1CCC[C@H]1C(=O)OC(C)(C)C. The highest BCUT2D eigenvalue weighted by molar-refractivity contribution is 7.98. The van der Waals surface area contributed by atoms with E-state index in [-0.39, 0.29) is 17.6 Å². The Morgan fingerprint density at radius 1 is 1.47 bits per heavy atom. The molecule has 0 spiro atoms. The molecule has 100 valence electrons. The molecule has 1 rings (SSSR count). The molecule has 1 atom stereocenters. The summed E-state index contributed by atoms with van der Waals surface area (Å²) in [4.78, 5) is 14.3. The predicted octanol–water partition coefficient (Wildman–Crippen LogP) is 2.55. The van der Waals surface area contributed by atoms with Gasteiger partial charge in [0.25, 0.3) is 0 Å². The van der Waals surface area contributed by atoms with Gasteiger partial charge in [0, 0.05) is 0 Å². The molecule has 1 fully saturated rings. The zero-order chi connectivity index (χ0) is 12.9. The molecule has 0 N–H and O–H groups in total. The molecule has 1 saturated heterocycles. The van der Waals surface area contributed by atoms with Gasteiger partial charge < -0.3 is 4.74 Å². The van der Waals surface area contributed by atoms with Crippen LogP contribution < -0.4 is 0 Å². The first kappa shape index (κ1) is 14.8. The van der Waals surface area contributed by atoms with E-state index >= 15 is 0 Å². The minimum Gasteiger partial charge on any atom is -0.459 e. The van der Waals surface area contributed by atoms with Gasteiger partial charge >= 0.3 is 5.97 Å². The van der Waals surface area contributed by atoms with Gasteiger partial charge in [-0.2, -0.15) is 11.8 Å². The Morgan fingerprint density at radius 3 is 2.76 bits per heavy atom. The zero-order valence-electron chi connectivity index (χ0n) is 11.5. The fourth-order valence-electron chi connectivity index (χ4n) is 2.14. The Balaban J connectivity index is 2.42. The first-order valence-electron chi connectivity index (χ1n) is 6.40. The molecule has 1 aliphatic heterocycles. The third kappa shape index (κ3) is 5.30. The summed E-state index contributed by atoms with van der Waals surface area (Å²) in [5.41, 5.74) is -0.370. The molecule has 1 heterocycles. The second-order valence-corrected chi connectivity index (χ2v) is 6.56. The lowest BCUT2D eigenvalue weighted by Crippen LogP contribution is -2.41. The van der Waals surface area contributed by atoms with Gasteiger partial charge in [0.2, 0.25) is 0 Å². The Kier molecular flexibility index (Phi) is 5.80. The van der Waals surface area contributed by atoms with Crippen molar-refractivity contribution in [3.8, 4) is 0 Å². The van der Waals surface area contributed by atoms with Crippen molar-refractivity contribution in [3.63, 3.8) is 0 Å². The third-order valence-electron chi connectivity index (χ3n) is 2.84. The fraction of sp³-hybridized carbons (Fsp3) is 0.923. The fourth-order valence-corrected chi connectivity index (χ4v) is 2.56. The van der Waals surface area contributed by atoms with Crippen LogP contribution in [0.2, 0.25) is 0 Å². The molecule has 1 aliphatic rings. The molecular weight excluding hydrogens is 234 g/mol. The molecule has 0 unspecified atom stereocenters. The average molecular weight is 259 g/mol. The highest BCUT2D eigenvalue weighted by atomic mass is 32.2. The lowest BCUT2D eigenvalue weighted by molar-refractivity contribution is -0.160. The second kappa shape index (κ2) is 6.64. The number of rotatable bonds is 5. The predicted molar refractivity (Wildman–Crippen MR) is 73.4 cm³/mol. The van der Waals surface area contributed by atoms with E-state index in [0.717, 1.165) is 38.1 Å². The lowest BCUT2D eigenvalue weighted by atomic mass is 10.1. The van der Waals surface area contributed by atoms with Crippen LogP contribution in [0.25, 0.3) is 0 Å². The normalized spacial score (nSPS) is 21.8. The number of thioether (sulfide) groups is 1. The van der Waals surface area contributed by atoms with E-state index in [1.807, 2.05) is 32.5 Å².